The lowest BCUT2D eigenvalue weighted by Crippen LogP contribution is -2.71. The molecule has 0 aromatic carbocycles. The summed E-state index contributed by atoms with van der Waals surface area (Å²) < 4.78 is 23.5. The number of carbonyl (C=O) groups is 2. The van der Waals surface area contributed by atoms with E-state index in [1.165, 1.54) is 6.42 Å². The summed E-state index contributed by atoms with van der Waals surface area (Å²) >= 11 is 0. The molecule has 1 aliphatic heterocycles. The van der Waals surface area contributed by atoms with Gasteiger partial charge in [0.25, 0.3) is 5.91 Å². The van der Waals surface area contributed by atoms with E-state index in [4.69, 9.17) is 16.6 Å². The van der Waals surface area contributed by atoms with E-state index in [9.17, 15) is 18.0 Å². The zero-order valence-electron chi connectivity index (χ0n) is 21.4. The van der Waals surface area contributed by atoms with Crippen molar-refractivity contribution >= 4 is 52.5 Å². The number of rotatable bonds is 9. The number of primary amides is 1. The minimum absolute atomic E-state index is 0. The number of nitrogens with zero attached hydrogens (tertiary/aromatic N) is 2. The van der Waals surface area contributed by atoms with Crippen molar-refractivity contribution in [3.05, 3.63) is 23.4 Å². The van der Waals surface area contributed by atoms with E-state index in [0.717, 1.165) is 44.1 Å². The quantitative estimate of drug-likeness (QED) is 0.323. The van der Waals surface area contributed by atoms with Crippen molar-refractivity contribution in [2.24, 2.45) is 22.7 Å². The molecule has 210 valence electrons. The van der Waals surface area contributed by atoms with Crippen molar-refractivity contribution in [3.8, 4) is 0 Å². The number of nitrogens with one attached hydrogen (secondary N) is 1. The van der Waals surface area contributed by atoms with Crippen LogP contribution in [0.2, 0.25) is 0 Å². The Hall–Kier alpha value is -1.50. The number of sulfonamides is 1. The van der Waals surface area contributed by atoms with E-state index >= 15 is 0 Å². The van der Waals surface area contributed by atoms with Gasteiger partial charge in [-0.05, 0) is 44.2 Å². The molecule has 2 saturated carbocycles. The van der Waals surface area contributed by atoms with E-state index in [0.29, 0.717) is 36.8 Å². The fourth-order valence-corrected chi connectivity index (χ4v) is 7.15. The van der Waals surface area contributed by atoms with E-state index < -0.39 is 33.4 Å². The summed E-state index contributed by atoms with van der Waals surface area (Å²) in [6.45, 7) is 2.59. The van der Waals surface area contributed by atoms with Gasteiger partial charge in [-0.2, -0.15) is 0 Å². The first-order valence-corrected chi connectivity index (χ1v) is 14.4. The van der Waals surface area contributed by atoms with Gasteiger partial charge in [-0.25, -0.2) is 27.8 Å². The molecule has 2 aliphatic carbocycles. The van der Waals surface area contributed by atoms with Gasteiger partial charge in [0.2, 0.25) is 10.0 Å². The lowest BCUT2D eigenvalue weighted by molar-refractivity contribution is -0.900. The van der Waals surface area contributed by atoms with Crippen LogP contribution in [0.3, 0.4) is 0 Å². The fraction of sp³-hybridized carbons (Fsp3) is 0.708. The monoisotopic (exact) mass is 579 g/mol. The SMILES string of the molecule is Cc1nc(N)ccc1C[N+]1(C(=O)[C@@H](CC2CCCCC2)NCS(N)(=O)=O)CCC[C@@H]2C[C@@]21C(N)=O.Cl.Cl. The number of carbonyl (C=O) groups excluding carboxylic acids is 2. The van der Waals surface area contributed by atoms with Crippen LogP contribution in [0.15, 0.2) is 12.1 Å². The van der Waals surface area contributed by atoms with Crippen molar-refractivity contribution in [2.45, 2.75) is 82.8 Å². The van der Waals surface area contributed by atoms with E-state index in [-0.39, 0.29) is 47.7 Å². The van der Waals surface area contributed by atoms with Crippen LogP contribution in [0.25, 0.3) is 0 Å². The molecule has 2 heterocycles. The Morgan fingerprint density at radius 1 is 1.16 bits per heavy atom. The van der Waals surface area contributed by atoms with E-state index in [1.807, 2.05) is 13.0 Å². The molecule has 1 unspecified atom stereocenters. The molecule has 37 heavy (non-hydrogen) atoms. The molecule has 3 aliphatic rings. The Balaban J connectivity index is 0.00000241. The van der Waals surface area contributed by atoms with Gasteiger partial charge in [0.1, 0.15) is 24.3 Å². The average Bonchev–Trinajstić information content (AvgIpc) is 3.55. The summed E-state index contributed by atoms with van der Waals surface area (Å²) in [6, 6.07) is 2.82. The van der Waals surface area contributed by atoms with Gasteiger partial charge in [0.05, 0.1) is 6.54 Å². The molecule has 10 nitrogen and oxygen atoms in total. The number of pyridine rings is 1. The Morgan fingerprint density at radius 2 is 1.84 bits per heavy atom. The molecule has 7 N–H and O–H groups in total. The molecule has 1 aromatic rings. The summed E-state index contributed by atoms with van der Waals surface area (Å²) in [5.41, 5.74) is 12.5. The van der Waals surface area contributed by atoms with Crippen LogP contribution in [-0.4, -0.2) is 53.7 Å². The van der Waals surface area contributed by atoms with Gasteiger partial charge < -0.3 is 11.5 Å². The number of nitrogen functional groups attached to an aromatic ring is 1. The number of aromatic nitrogens is 1. The van der Waals surface area contributed by atoms with Crippen LogP contribution in [0.1, 0.15) is 69.0 Å². The molecular formula is C24H41Cl2N6O4S+. The van der Waals surface area contributed by atoms with Crippen molar-refractivity contribution in [1.29, 1.82) is 0 Å². The molecule has 0 bridgehead atoms. The van der Waals surface area contributed by atoms with Crippen LogP contribution in [0, 0.1) is 18.8 Å². The molecule has 13 heteroatoms. The summed E-state index contributed by atoms with van der Waals surface area (Å²) in [5, 5.41) is 8.26. The lowest BCUT2D eigenvalue weighted by Gasteiger charge is -2.46. The first-order valence-electron chi connectivity index (χ1n) is 12.7. The molecule has 1 saturated heterocycles. The molecule has 4 atom stereocenters. The van der Waals surface area contributed by atoms with Crippen molar-refractivity contribution in [3.63, 3.8) is 0 Å². The number of halogens is 2. The highest BCUT2D eigenvalue weighted by Gasteiger charge is 2.76. The molecular weight excluding hydrogens is 539 g/mol. The van der Waals surface area contributed by atoms with Gasteiger partial charge in [-0.3, -0.25) is 10.1 Å². The molecule has 0 radical (unpaired) electrons. The fourth-order valence-electron chi connectivity index (χ4n) is 6.72. The van der Waals surface area contributed by atoms with Crippen molar-refractivity contribution in [1.82, 2.24) is 10.3 Å². The Labute approximate surface area is 231 Å². The number of hydrogen-bond acceptors (Lipinski definition) is 7. The molecule has 3 fully saturated rings. The van der Waals surface area contributed by atoms with Crippen LogP contribution in [0.5, 0.6) is 0 Å². The number of nitrogens with two attached hydrogens (primary N) is 3. The minimum Gasteiger partial charge on any atom is -0.384 e. The summed E-state index contributed by atoms with van der Waals surface area (Å²) in [4.78, 5) is 31.9. The summed E-state index contributed by atoms with van der Waals surface area (Å²) in [6.07, 6.45) is 8.13. The number of fused-ring (bicyclic) bond motifs is 1. The zero-order chi connectivity index (χ0) is 25.4. The molecule has 1 aromatic heterocycles. The number of aryl methyl sites for hydroxylation is 1. The number of primary sulfonamides is 1. The smallest absolute Gasteiger partial charge is 0.331 e. The maximum absolute atomic E-state index is 14.6. The molecule has 4 rings (SSSR count). The van der Waals surface area contributed by atoms with Gasteiger partial charge in [0.15, 0.2) is 5.54 Å². The average molecular weight is 581 g/mol. The normalized spacial score (nSPS) is 28.2. The topological polar surface area (TPSA) is 171 Å². The highest BCUT2D eigenvalue weighted by atomic mass is 35.5. The number of amides is 2. The number of quaternary nitrogens is 1. The number of hydrogen-bond donors (Lipinski definition) is 4. The second-order valence-electron chi connectivity index (χ2n) is 10.8. The molecule has 2 amide bonds. The van der Waals surface area contributed by atoms with Crippen LogP contribution < -0.4 is 21.9 Å². The largest absolute Gasteiger partial charge is 0.384 e. The Bertz CT molecular complexity index is 1100. The Kier molecular flexibility index (Phi) is 10.4. The third-order valence-electron chi connectivity index (χ3n) is 8.56. The summed E-state index contributed by atoms with van der Waals surface area (Å²) in [7, 11) is -3.83. The standard InChI is InChI=1S/C24H38N6O4S.2ClH/c1-16-18(9-10-21(25)29-16)14-30(11-5-8-19-13-24(19,30)23(26)32)22(31)20(28-15-35(27,33)34)12-17-6-3-2-4-7-17;;/h9-10,17,19-20,28H,2-8,11-15H2,1H3,(H5-,25,26,27,29,32,33,34);2*1H/p+1/t19-,20-,24+,30?;;/m1../s1. The van der Waals surface area contributed by atoms with Crippen LogP contribution in [0.4, 0.5) is 5.82 Å². The minimum atomic E-state index is -3.83. The Morgan fingerprint density at radius 3 is 2.43 bits per heavy atom. The predicted octanol–water partition coefficient (Wildman–Crippen LogP) is 1.87. The van der Waals surface area contributed by atoms with Gasteiger partial charge >= 0.3 is 5.91 Å². The van der Waals surface area contributed by atoms with Gasteiger partial charge in [-0.15, -0.1) is 24.8 Å². The van der Waals surface area contributed by atoms with E-state index in [1.54, 1.807) is 6.07 Å². The maximum atomic E-state index is 14.6. The lowest BCUT2D eigenvalue weighted by atomic mass is 9.83. The number of anilines is 1. The number of likely N-dealkylation sites (tertiary alicyclic amines) is 1. The highest BCUT2D eigenvalue weighted by Crippen LogP contribution is 2.59. The van der Waals surface area contributed by atoms with Gasteiger partial charge in [-0.1, -0.05) is 32.1 Å². The van der Waals surface area contributed by atoms with Gasteiger partial charge in [0, 0.05) is 23.6 Å². The first kappa shape index (κ1) is 31.7. The third kappa shape index (κ3) is 6.39. The molecule has 0 spiro atoms. The third-order valence-corrected chi connectivity index (χ3v) is 9.13. The number of piperidine rings is 1. The second-order valence-corrected chi connectivity index (χ2v) is 12.4. The zero-order valence-corrected chi connectivity index (χ0v) is 23.8. The summed E-state index contributed by atoms with van der Waals surface area (Å²) in [5.74, 6) is -0.369. The van der Waals surface area contributed by atoms with Crippen molar-refractivity contribution in [2.75, 3.05) is 18.2 Å². The highest BCUT2D eigenvalue weighted by molar-refractivity contribution is 7.89. The second kappa shape index (κ2) is 12.1. The van der Waals surface area contributed by atoms with Crippen LogP contribution >= 0.6 is 24.8 Å². The van der Waals surface area contributed by atoms with Crippen LogP contribution in [-0.2, 0) is 26.2 Å². The predicted molar refractivity (Wildman–Crippen MR) is 147 cm³/mol. The first-order chi connectivity index (χ1) is 16.5. The maximum Gasteiger partial charge on any atom is 0.331 e. The van der Waals surface area contributed by atoms with E-state index in [2.05, 4.69) is 10.3 Å². The van der Waals surface area contributed by atoms with Crippen molar-refractivity contribution < 1.29 is 22.5 Å².